The third-order valence-electron chi connectivity index (χ3n) is 3.61. The molecule has 0 saturated heterocycles. The summed E-state index contributed by atoms with van der Waals surface area (Å²) in [6.07, 6.45) is 2.64. The maximum Gasteiger partial charge on any atom is 0.143 e. The Labute approximate surface area is 141 Å². The van der Waals surface area contributed by atoms with E-state index in [9.17, 15) is 0 Å². The van der Waals surface area contributed by atoms with Gasteiger partial charge < -0.3 is 10.1 Å². The Bertz CT molecular complexity index is 648. The lowest BCUT2D eigenvalue weighted by Gasteiger charge is -2.32. The molecule has 2 aromatic rings. The van der Waals surface area contributed by atoms with Crippen LogP contribution in [-0.2, 0) is 0 Å². The van der Waals surface area contributed by atoms with Gasteiger partial charge in [-0.2, -0.15) is 0 Å². The van der Waals surface area contributed by atoms with Crippen molar-refractivity contribution in [1.29, 1.82) is 0 Å². The van der Waals surface area contributed by atoms with Crippen LogP contribution in [0, 0.1) is 0 Å². The summed E-state index contributed by atoms with van der Waals surface area (Å²) in [6, 6.07) is 10.5. The van der Waals surface area contributed by atoms with Gasteiger partial charge in [0.05, 0.1) is 5.69 Å². The minimum Gasteiger partial charge on any atom is -0.484 e. The van der Waals surface area contributed by atoms with Gasteiger partial charge in [0.2, 0.25) is 0 Å². The summed E-state index contributed by atoms with van der Waals surface area (Å²) in [5.74, 6) is 0.941. The second-order valence-corrected chi connectivity index (χ2v) is 6.78. The van der Waals surface area contributed by atoms with E-state index in [4.69, 9.17) is 4.74 Å². The molecule has 1 aromatic heterocycles. The summed E-state index contributed by atoms with van der Waals surface area (Å²) in [4.78, 5) is 4.52. The van der Waals surface area contributed by atoms with Crippen molar-refractivity contribution in [2.45, 2.75) is 25.5 Å². The summed E-state index contributed by atoms with van der Waals surface area (Å²) in [6.45, 7) is 3.06. The number of hydrogen-bond donors (Lipinski definition) is 1. The van der Waals surface area contributed by atoms with Crippen LogP contribution in [0.3, 0.4) is 0 Å². The van der Waals surface area contributed by atoms with E-state index in [2.05, 4.69) is 61.2 Å². The Morgan fingerprint density at radius 3 is 2.90 bits per heavy atom. The third kappa shape index (κ3) is 3.15. The fraction of sp³-hybridized carbons (Fsp3) is 0.312. The maximum atomic E-state index is 6.17. The SMILES string of the molecule is CCNC1CC(c2ncc(Br)cc2Br)Oc2ccccc21. The molecule has 2 heterocycles. The highest BCUT2D eigenvalue weighted by Gasteiger charge is 2.30. The summed E-state index contributed by atoms with van der Waals surface area (Å²) < 4.78 is 8.09. The highest BCUT2D eigenvalue weighted by molar-refractivity contribution is 9.11. The minimum absolute atomic E-state index is 0.0496. The first kappa shape index (κ1) is 15.0. The Morgan fingerprint density at radius 2 is 2.14 bits per heavy atom. The fourth-order valence-electron chi connectivity index (χ4n) is 2.69. The second-order valence-electron chi connectivity index (χ2n) is 5.01. The van der Waals surface area contributed by atoms with Crippen LogP contribution in [0.5, 0.6) is 5.75 Å². The zero-order valence-corrected chi connectivity index (χ0v) is 14.8. The van der Waals surface area contributed by atoms with Crippen LogP contribution in [0.2, 0.25) is 0 Å². The lowest BCUT2D eigenvalue weighted by atomic mass is 9.95. The molecule has 3 rings (SSSR count). The highest BCUT2D eigenvalue weighted by atomic mass is 79.9. The molecular formula is C16H16Br2N2O. The van der Waals surface area contributed by atoms with Gasteiger partial charge in [0.15, 0.2) is 0 Å². The lowest BCUT2D eigenvalue weighted by molar-refractivity contribution is 0.147. The van der Waals surface area contributed by atoms with Crippen LogP contribution in [0.15, 0.2) is 45.5 Å². The van der Waals surface area contributed by atoms with Gasteiger partial charge in [-0.15, -0.1) is 0 Å². The molecule has 0 amide bonds. The van der Waals surface area contributed by atoms with E-state index in [-0.39, 0.29) is 6.10 Å². The molecule has 1 aromatic carbocycles. The number of benzene rings is 1. The van der Waals surface area contributed by atoms with E-state index in [1.807, 2.05) is 24.4 Å². The molecule has 0 radical (unpaired) electrons. The zero-order chi connectivity index (χ0) is 14.8. The summed E-state index contributed by atoms with van der Waals surface area (Å²) in [5.41, 5.74) is 2.17. The van der Waals surface area contributed by atoms with Crippen LogP contribution in [0.25, 0.3) is 0 Å². The second kappa shape index (κ2) is 6.46. The smallest absolute Gasteiger partial charge is 0.143 e. The number of hydrogen-bond acceptors (Lipinski definition) is 3. The number of pyridine rings is 1. The van der Waals surface area contributed by atoms with Gasteiger partial charge in [-0.1, -0.05) is 25.1 Å². The number of fused-ring (bicyclic) bond motifs is 1. The van der Waals surface area contributed by atoms with Crippen LogP contribution in [0.1, 0.15) is 36.7 Å². The molecule has 3 nitrogen and oxygen atoms in total. The lowest BCUT2D eigenvalue weighted by Crippen LogP contribution is -2.29. The largest absolute Gasteiger partial charge is 0.484 e. The number of ether oxygens (including phenoxy) is 1. The predicted molar refractivity (Wildman–Crippen MR) is 90.5 cm³/mol. The van der Waals surface area contributed by atoms with Gasteiger partial charge in [-0.3, -0.25) is 4.98 Å². The Morgan fingerprint density at radius 1 is 1.33 bits per heavy atom. The Hall–Kier alpha value is -0.910. The minimum atomic E-state index is -0.0496. The number of nitrogens with one attached hydrogen (secondary N) is 1. The van der Waals surface area contributed by atoms with Crippen LogP contribution < -0.4 is 10.1 Å². The van der Waals surface area contributed by atoms with E-state index in [0.29, 0.717) is 6.04 Å². The van der Waals surface area contributed by atoms with Crippen LogP contribution in [0.4, 0.5) is 0 Å². The standard InChI is InChI=1S/C16H16Br2N2O/c1-2-19-13-8-15(16-12(18)7-10(17)9-20-16)21-14-6-4-3-5-11(13)14/h3-7,9,13,15,19H,2,8H2,1H3. The van der Waals surface area contributed by atoms with Crippen molar-refractivity contribution in [3.63, 3.8) is 0 Å². The van der Waals surface area contributed by atoms with E-state index in [0.717, 1.165) is 33.4 Å². The molecule has 0 spiro atoms. The molecule has 0 saturated carbocycles. The van der Waals surface area contributed by atoms with Gasteiger partial charge >= 0.3 is 0 Å². The first-order chi connectivity index (χ1) is 10.2. The molecule has 110 valence electrons. The third-order valence-corrected chi connectivity index (χ3v) is 4.67. The average molecular weight is 412 g/mol. The van der Waals surface area contributed by atoms with Crippen molar-refractivity contribution in [2.24, 2.45) is 0 Å². The molecule has 2 unspecified atom stereocenters. The summed E-state index contributed by atoms with van der Waals surface area (Å²) in [5, 5.41) is 3.54. The van der Waals surface area contributed by atoms with E-state index >= 15 is 0 Å². The van der Waals surface area contributed by atoms with Crippen molar-refractivity contribution in [1.82, 2.24) is 10.3 Å². The monoisotopic (exact) mass is 410 g/mol. The van der Waals surface area contributed by atoms with Gasteiger partial charge in [-0.05, 0) is 50.5 Å². The molecule has 1 N–H and O–H groups in total. The van der Waals surface area contributed by atoms with Crippen molar-refractivity contribution in [3.05, 3.63) is 56.7 Å². The molecule has 0 fully saturated rings. The molecular weight excluding hydrogens is 396 g/mol. The first-order valence-electron chi connectivity index (χ1n) is 6.99. The number of para-hydroxylation sites is 1. The quantitative estimate of drug-likeness (QED) is 0.788. The number of aromatic nitrogens is 1. The van der Waals surface area contributed by atoms with Crippen LogP contribution >= 0.6 is 31.9 Å². The highest BCUT2D eigenvalue weighted by Crippen LogP contribution is 2.41. The Kier molecular flexibility index (Phi) is 4.62. The van der Waals surface area contributed by atoms with E-state index in [1.165, 1.54) is 5.56 Å². The molecule has 0 aliphatic carbocycles. The first-order valence-corrected chi connectivity index (χ1v) is 8.57. The maximum absolute atomic E-state index is 6.17. The fourth-order valence-corrected chi connectivity index (χ4v) is 3.93. The normalized spacial score (nSPS) is 20.7. The Balaban J connectivity index is 1.95. The molecule has 0 bridgehead atoms. The summed E-state index contributed by atoms with van der Waals surface area (Å²) in [7, 11) is 0. The van der Waals surface area contributed by atoms with Gasteiger partial charge in [0.1, 0.15) is 11.9 Å². The topological polar surface area (TPSA) is 34.2 Å². The number of nitrogens with zero attached hydrogens (tertiary/aromatic N) is 1. The van der Waals surface area contributed by atoms with Crippen molar-refractivity contribution >= 4 is 31.9 Å². The van der Waals surface area contributed by atoms with Gasteiger partial charge in [0, 0.05) is 33.2 Å². The van der Waals surface area contributed by atoms with E-state index in [1.54, 1.807) is 0 Å². The molecule has 1 aliphatic rings. The number of halogens is 2. The molecule has 2 atom stereocenters. The van der Waals surface area contributed by atoms with Crippen LogP contribution in [-0.4, -0.2) is 11.5 Å². The predicted octanol–water partition coefficient (Wildman–Crippen LogP) is 4.78. The molecule has 5 heteroatoms. The molecule has 1 aliphatic heterocycles. The van der Waals surface area contributed by atoms with Crippen molar-refractivity contribution in [3.8, 4) is 5.75 Å². The average Bonchev–Trinajstić information content (AvgIpc) is 2.47. The summed E-state index contributed by atoms with van der Waals surface area (Å²) >= 11 is 7.03. The van der Waals surface area contributed by atoms with E-state index < -0.39 is 0 Å². The van der Waals surface area contributed by atoms with Gasteiger partial charge in [0.25, 0.3) is 0 Å². The van der Waals surface area contributed by atoms with Gasteiger partial charge in [-0.25, -0.2) is 0 Å². The molecule has 21 heavy (non-hydrogen) atoms. The number of rotatable bonds is 3. The van der Waals surface area contributed by atoms with Crippen molar-refractivity contribution in [2.75, 3.05) is 6.54 Å². The van der Waals surface area contributed by atoms with Crippen molar-refractivity contribution < 1.29 is 4.74 Å². The zero-order valence-electron chi connectivity index (χ0n) is 11.6.